The van der Waals surface area contributed by atoms with Gasteiger partial charge in [-0.05, 0) is 25.7 Å². The van der Waals surface area contributed by atoms with Crippen LogP contribution in [-0.4, -0.2) is 26.5 Å². The molecule has 76 valence electrons. The second-order valence-corrected chi connectivity index (χ2v) is 4.36. The van der Waals surface area contributed by atoms with Gasteiger partial charge in [-0.25, -0.2) is 0 Å². The molecule has 2 aliphatic rings. The van der Waals surface area contributed by atoms with Crippen LogP contribution in [0.2, 0.25) is 0 Å². The lowest BCUT2D eigenvalue weighted by Crippen LogP contribution is -2.19. The average molecular weight is 193 g/mol. The molecule has 1 atom stereocenters. The highest BCUT2D eigenvalue weighted by atomic mass is 16.3. The zero-order chi connectivity index (χ0) is 9.54. The van der Waals surface area contributed by atoms with Gasteiger partial charge in [0, 0.05) is 18.4 Å². The van der Waals surface area contributed by atoms with Gasteiger partial charge in [0.05, 0.1) is 6.61 Å². The van der Waals surface area contributed by atoms with Gasteiger partial charge in [0.25, 0.3) is 0 Å². The largest absolute Gasteiger partial charge is 0.396 e. The van der Waals surface area contributed by atoms with E-state index in [1.165, 1.54) is 12.8 Å². The third-order valence-corrected chi connectivity index (χ3v) is 3.27. The first-order chi connectivity index (χ1) is 6.90. The first-order valence-electron chi connectivity index (χ1n) is 5.44. The summed E-state index contributed by atoms with van der Waals surface area (Å²) in [5.41, 5.74) is 0. The molecule has 1 aromatic heterocycles. The third kappa shape index (κ3) is 1.17. The van der Waals surface area contributed by atoms with Crippen molar-refractivity contribution in [1.82, 2.24) is 14.8 Å². The summed E-state index contributed by atoms with van der Waals surface area (Å²) in [5, 5.41) is 17.7. The summed E-state index contributed by atoms with van der Waals surface area (Å²) in [6.45, 7) is 1.26. The fraction of sp³-hybridized carbons (Fsp3) is 0.800. The van der Waals surface area contributed by atoms with Crippen LogP contribution in [0, 0.1) is 0 Å². The number of fused-ring (bicyclic) bond motifs is 1. The van der Waals surface area contributed by atoms with Crippen LogP contribution < -0.4 is 0 Å². The molecule has 0 amide bonds. The van der Waals surface area contributed by atoms with E-state index in [0.717, 1.165) is 31.0 Å². The molecule has 0 saturated heterocycles. The van der Waals surface area contributed by atoms with E-state index in [-0.39, 0.29) is 12.5 Å². The predicted molar refractivity (Wildman–Crippen MR) is 51.1 cm³/mol. The molecule has 0 aromatic carbocycles. The first-order valence-corrected chi connectivity index (χ1v) is 5.44. The molecule has 1 unspecified atom stereocenters. The van der Waals surface area contributed by atoms with E-state index in [2.05, 4.69) is 14.8 Å². The van der Waals surface area contributed by atoms with Gasteiger partial charge in [-0.2, -0.15) is 0 Å². The maximum Gasteiger partial charge on any atom is 0.138 e. The van der Waals surface area contributed by atoms with Crippen LogP contribution >= 0.6 is 0 Å². The molecule has 1 fully saturated rings. The number of rotatable bonds is 2. The van der Waals surface area contributed by atoms with Gasteiger partial charge in [0.2, 0.25) is 0 Å². The minimum Gasteiger partial charge on any atom is -0.396 e. The molecule has 0 spiro atoms. The molecule has 0 bridgehead atoms. The van der Waals surface area contributed by atoms with Crippen LogP contribution in [0.5, 0.6) is 0 Å². The van der Waals surface area contributed by atoms with Gasteiger partial charge in [-0.3, -0.25) is 0 Å². The number of hydrogen-bond donors (Lipinski definition) is 1. The van der Waals surface area contributed by atoms with Crippen LogP contribution in [-0.2, 0) is 6.54 Å². The Labute approximate surface area is 83.0 Å². The number of aromatic nitrogens is 3. The second kappa shape index (κ2) is 3.05. The Morgan fingerprint density at radius 2 is 2.00 bits per heavy atom. The zero-order valence-corrected chi connectivity index (χ0v) is 8.19. The Kier molecular flexibility index (Phi) is 1.83. The summed E-state index contributed by atoms with van der Waals surface area (Å²) in [4.78, 5) is 0. The fourth-order valence-electron chi connectivity index (χ4n) is 2.30. The van der Waals surface area contributed by atoms with Gasteiger partial charge in [-0.15, -0.1) is 10.2 Å². The summed E-state index contributed by atoms with van der Waals surface area (Å²) >= 11 is 0. The molecular weight excluding hydrogens is 178 g/mol. The third-order valence-electron chi connectivity index (χ3n) is 3.27. The molecule has 0 radical (unpaired) electrons. The topological polar surface area (TPSA) is 50.9 Å². The van der Waals surface area contributed by atoms with Crippen LogP contribution in [0.15, 0.2) is 0 Å². The molecule has 1 aliphatic carbocycles. The highest BCUT2D eigenvalue weighted by Crippen LogP contribution is 2.40. The van der Waals surface area contributed by atoms with Crippen molar-refractivity contribution >= 4 is 0 Å². The van der Waals surface area contributed by atoms with E-state index in [4.69, 9.17) is 0 Å². The Morgan fingerprint density at radius 3 is 2.71 bits per heavy atom. The summed E-state index contributed by atoms with van der Waals surface area (Å²) in [7, 11) is 0. The number of aliphatic hydroxyl groups excluding tert-OH is 1. The minimum absolute atomic E-state index is 0.211. The molecule has 3 rings (SSSR count). The molecular formula is C10H15N3O. The fourth-order valence-corrected chi connectivity index (χ4v) is 2.30. The van der Waals surface area contributed by atoms with E-state index >= 15 is 0 Å². The van der Waals surface area contributed by atoms with Gasteiger partial charge >= 0.3 is 0 Å². The Hall–Kier alpha value is -0.900. The van der Waals surface area contributed by atoms with Crippen molar-refractivity contribution in [2.24, 2.45) is 0 Å². The van der Waals surface area contributed by atoms with Crippen LogP contribution in [0.4, 0.5) is 0 Å². The number of nitrogens with zero attached hydrogens (tertiary/aromatic N) is 3. The average Bonchev–Trinajstić information content (AvgIpc) is 2.97. The number of aliphatic hydroxyl groups is 1. The lowest BCUT2D eigenvalue weighted by atomic mass is 10.00. The van der Waals surface area contributed by atoms with Crippen LogP contribution in [0.3, 0.4) is 0 Å². The molecule has 1 aliphatic heterocycles. The standard InChI is InChI=1S/C10H15N3O/c14-6-8-2-1-5-13-9(7-3-4-7)11-12-10(8)13/h7-8,14H,1-6H2. The van der Waals surface area contributed by atoms with E-state index < -0.39 is 0 Å². The maximum atomic E-state index is 9.22. The highest BCUT2D eigenvalue weighted by Gasteiger charge is 2.33. The number of hydrogen-bond acceptors (Lipinski definition) is 3. The Bertz CT molecular complexity index is 343. The molecule has 1 N–H and O–H groups in total. The summed E-state index contributed by atoms with van der Waals surface area (Å²) in [6.07, 6.45) is 4.74. The van der Waals surface area contributed by atoms with E-state index in [0.29, 0.717) is 5.92 Å². The van der Waals surface area contributed by atoms with E-state index in [1.54, 1.807) is 0 Å². The maximum absolute atomic E-state index is 9.22. The highest BCUT2D eigenvalue weighted by molar-refractivity contribution is 5.12. The van der Waals surface area contributed by atoms with E-state index in [9.17, 15) is 5.11 Å². The predicted octanol–water partition coefficient (Wildman–Crippen LogP) is 1.03. The second-order valence-electron chi connectivity index (χ2n) is 4.36. The SMILES string of the molecule is OCC1CCCn2c1nnc2C1CC1. The molecule has 1 saturated carbocycles. The smallest absolute Gasteiger partial charge is 0.138 e. The quantitative estimate of drug-likeness (QED) is 0.763. The van der Waals surface area contributed by atoms with Gasteiger partial charge < -0.3 is 9.67 Å². The van der Waals surface area contributed by atoms with Gasteiger partial charge in [0.15, 0.2) is 0 Å². The monoisotopic (exact) mass is 193 g/mol. The van der Waals surface area contributed by atoms with Crippen molar-refractivity contribution in [3.63, 3.8) is 0 Å². The normalized spacial score (nSPS) is 26.2. The Morgan fingerprint density at radius 1 is 1.21 bits per heavy atom. The Balaban J connectivity index is 1.99. The van der Waals surface area contributed by atoms with Gasteiger partial charge in [0.1, 0.15) is 11.6 Å². The molecule has 14 heavy (non-hydrogen) atoms. The molecule has 2 heterocycles. The van der Waals surface area contributed by atoms with Crippen molar-refractivity contribution in [3.8, 4) is 0 Å². The summed E-state index contributed by atoms with van der Waals surface area (Å²) in [5.74, 6) is 3.07. The summed E-state index contributed by atoms with van der Waals surface area (Å²) < 4.78 is 2.24. The van der Waals surface area contributed by atoms with E-state index in [1.807, 2.05) is 0 Å². The lowest BCUT2D eigenvalue weighted by molar-refractivity contribution is 0.237. The van der Waals surface area contributed by atoms with Crippen molar-refractivity contribution in [1.29, 1.82) is 0 Å². The molecule has 4 nitrogen and oxygen atoms in total. The molecule has 1 aromatic rings. The van der Waals surface area contributed by atoms with Crippen molar-refractivity contribution in [3.05, 3.63) is 11.6 Å². The first kappa shape index (κ1) is 8.41. The van der Waals surface area contributed by atoms with Crippen molar-refractivity contribution in [2.45, 2.75) is 44.1 Å². The van der Waals surface area contributed by atoms with Crippen LogP contribution in [0.1, 0.15) is 49.2 Å². The van der Waals surface area contributed by atoms with Crippen molar-refractivity contribution < 1.29 is 5.11 Å². The van der Waals surface area contributed by atoms with Gasteiger partial charge in [-0.1, -0.05) is 0 Å². The summed E-state index contributed by atoms with van der Waals surface area (Å²) in [6, 6.07) is 0. The zero-order valence-electron chi connectivity index (χ0n) is 8.19. The van der Waals surface area contributed by atoms with Crippen LogP contribution in [0.25, 0.3) is 0 Å². The molecule has 4 heteroatoms. The van der Waals surface area contributed by atoms with Crippen molar-refractivity contribution in [2.75, 3.05) is 6.61 Å². The lowest BCUT2D eigenvalue weighted by Gasteiger charge is -2.21. The minimum atomic E-state index is 0.211.